The fourth-order valence-electron chi connectivity index (χ4n) is 3.36. The van der Waals surface area contributed by atoms with Crippen LogP contribution in [0.25, 0.3) is 0 Å². The van der Waals surface area contributed by atoms with Crippen LogP contribution in [-0.2, 0) is 18.9 Å². The molecule has 7 heteroatoms. The molecule has 1 heterocycles. The Hall–Kier alpha value is -3.97. The molecule has 4 rings (SSSR count). The van der Waals surface area contributed by atoms with Crippen LogP contribution in [0.15, 0.2) is 91.0 Å². The summed E-state index contributed by atoms with van der Waals surface area (Å²) in [6.07, 6.45) is -2.67. The third kappa shape index (κ3) is 5.84. The number of carbonyl (C=O) groups excluding carboxylic acids is 3. The maximum absolute atomic E-state index is 12.6. The molecule has 0 bridgehead atoms. The van der Waals surface area contributed by atoms with Gasteiger partial charge in [0, 0.05) is 6.42 Å². The number of hydrogen-bond donors (Lipinski definition) is 0. The summed E-state index contributed by atoms with van der Waals surface area (Å²) < 4.78 is 22.3. The lowest BCUT2D eigenvalue weighted by Gasteiger charge is -2.34. The van der Waals surface area contributed by atoms with E-state index in [1.54, 1.807) is 91.0 Å². The van der Waals surface area contributed by atoms with Gasteiger partial charge in [0.1, 0.15) is 6.10 Å². The van der Waals surface area contributed by atoms with Crippen LogP contribution in [0.1, 0.15) is 37.5 Å². The second-order valence-electron chi connectivity index (χ2n) is 7.41. The second-order valence-corrected chi connectivity index (χ2v) is 7.41. The van der Waals surface area contributed by atoms with Crippen LogP contribution in [0.2, 0.25) is 0 Å². The van der Waals surface area contributed by atoms with Gasteiger partial charge < -0.3 is 18.9 Å². The topological polar surface area (TPSA) is 88.1 Å². The molecular formula is C26H22O7. The molecule has 33 heavy (non-hydrogen) atoms. The third-order valence-electron chi connectivity index (χ3n) is 5.03. The molecule has 7 nitrogen and oxygen atoms in total. The van der Waals surface area contributed by atoms with Gasteiger partial charge in [-0.2, -0.15) is 0 Å². The van der Waals surface area contributed by atoms with Crippen molar-refractivity contribution >= 4 is 17.9 Å². The van der Waals surface area contributed by atoms with Gasteiger partial charge >= 0.3 is 17.9 Å². The summed E-state index contributed by atoms with van der Waals surface area (Å²) in [7, 11) is 0. The van der Waals surface area contributed by atoms with E-state index in [9.17, 15) is 14.4 Å². The van der Waals surface area contributed by atoms with Crippen molar-refractivity contribution in [2.45, 2.75) is 24.9 Å². The zero-order chi connectivity index (χ0) is 23.0. The van der Waals surface area contributed by atoms with E-state index < -0.39 is 36.4 Å². The van der Waals surface area contributed by atoms with Crippen molar-refractivity contribution in [1.82, 2.24) is 0 Å². The lowest BCUT2D eigenvalue weighted by molar-refractivity contribution is -0.212. The van der Waals surface area contributed by atoms with Crippen LogP contribution in [0.4, 0.5) is 0 Å². The summed E-state index contributed by atoms with van der Waals surface area (Å²) in [5.74, 6) is -1.72. The Morgan fingerprint density at radius 3 is 1.52 bits per heavy atom. The van der Waals surface area contributed by atoms with Gasteiger partial charge in [-0.15, -0.1) is 0 Å². The lowest BCUT2D eigenvalue weighted by atomic mass is 10.1. The van der Waals surface area contributed by atoms with Crippen LogP contribution < -0.4 is 0 Å². The van der Waals surface area contributed by atoms with Gasteiger partial charge in [-0.05, 0) is 36.4 Å². The van der Waals surface area contributed by atoms with E-state index in [0.717, 1.165) is 0 Å². The molecule has 0 radical (unpaired) electrons. The SMILES string of the molecule is O=C(OC1COC(OC(=O)c2ccccc2)C(OC(=O)c2ccccc2)C1)c1ccccc1. The van der Waals surface area contributed by atoms with Gasteiger partial charge in [-0.25, -0.2) is 14.4 Å². The first-order valence-corrected chi connectivity index (χ1v) is 10.5. The molecule has 3 unspecified atom stereocenters. The highest BCUT2D eigenvalue weighted by Gasteiger charge is 2.39. The minimum atomic E-state index is -1.14. The molecule has 168 valence electrons. The maximum Gasteiger partial charge on any atom is 0.340 e. The van der Waals surface area contributed by atoms with Crippen LogP contribution >= 0.6 is 0 Å². The molecule has 0 aliphatic carbocycles. The standard InChI is InChI=1S/C26H22O7/c27-23(18-10-4-1-5-11-18)31-21-16-22(32-24(28)19-12-6-2-7-13-19)26(30-17-21)33-25(29)20-14-8-3-9-15-20/h1-15,21-22,26H,16-17H2. The van der Waals surface area contributed by atoms with Gasteiger partial charge in [0.15, 0.2) is 6.10 Å². The predicted octanol–water partition coefficient (Wildman–Crippen LogP) is 4.04. The largest absolute Gasteiger partial charge is 0.456 e. The van der Waals surface area contributed by atoms with Crippen molar-refractivity contribution in [3.63, 3.8) is 0 Å². The summed E-state index contributed by atoms with van der Waals surface area (Å²) >= 11 is 0. The van der Waals surface area contributed by atoms with Crippen molar-refractivity contribution in [1.29, 1.82) is 0 Å². The first kappa shape index (κ1) is 22.2. The predicted molar refractivity (Wildman–Crippen MR) is 118 cm³/mol. The highest BCUT2D eigenvalue weighted by molar-refractivity contribution is 5.90. The molecular weight excluding hydrogens is 424 g/mol. The Labute approximate surface area is 190 Å². The van der Waals surface area contributed by atoms with Crippen LogP contribution in [0.3, 0.4) is 0 Å². The average molecular weight is 446 g/mol. The van der Waals surface area contributed by atoms with Crippen molar-refractivity contribution in [3.8, 4) is 0 Å². The second kappa shape index (κ2) is 10.6. The van der Waals surface area contributed by atoms with Gasteiger partial charge in [0.2, 0.25) is 6.29 Å². The number of benzene rings is 3. The Bertz CT molecular complexity index is 1080. The molecule has 1 aliphatic rings. The minimum Gasteiger partial charge on any atom is -0.456 e. The Morgan fingerprint density at radius 1 is 0.606 bits per heavy atom. The van der Waals surface area contributed by atoms with Crippen LogP contribution in [-0.4, -0.2) is 43.0 Å². The first-order valence-electron chi connectivity index (χ1n) is 10.5. The van der Waals surface area contributed by atoms with E-state index in [1.807, 2.05) is 0 Å². The van der Waals surface area contributed by atoms with Crippen molar-refractivity contribution in [3.05, 3.63) is 108 Å². The fourth-order valence-corrected chi connectivity index (χ4v) is 3.36. The quantitative estimate of drug-likeness (QED) is 0.417. The van der Waals surface area contributed by atoms with E-state index in [-0.39, 0.29) is 13.0 Å². The van der Waals surface area contributed by atoms with Crippen LogP contribution in [0, 0.1) is 0 Å². The summed E-state index contributed by atoms with van der Waals surface area (Å²) in [5, 5.41) is 0. The summed E-state index contributed by atoms with van der Waals surface area (Å²) in [5.41, 5.74) is 1.08. The monoisotopic (exact) mass is 446 g/mol. The Balaban J connectivity index is 1.47. The highest BCUT2D eigenvalue weighted by atomic mass is 16.7. The smallest absolute Gasteiger partial charge is 0.340 e. The number of ether oxygens (including phenoxy) is 4. The van der Waals surface area contributed by atoms with Crippen LogP contribution in [0.5, 0.6) is 0 Å². The van der Waals surface area contributed by atoms with E-state index in [0.29, 0.717) is 16.7 Å². The molecule has 0 spiro atoms. The summed E-state index contributed by atoms with van der Waals surface area (Å²) in [6.45, 7) is -0.00923. The highest BCUT2D eigenvalue weighted by Crippen LogP contribution is 2.24. The minimum absolute atomic E-state index is 0.00923. The van der Waals surface area contributed by atoms with Gasteiger partial charge in [-0.3, -0.25) is 0 Å². The van der Waals surface area contributed by atoms with Gasteiger partial charge in [-0.1, -0.05) is 54.6 Å². The van der Waals surface area contributed by atoms with E-state index in [2.05, 4.69) is 0 Å². The number of hydrogen-bond acceptors (Lipinski definition) is 7. The number of carbonyl (C=O) groups is 3. The molecule has 0 N–H and O–H groups in total. The first-order chi connectivity index (χ1) is 16.1. The van der Waals surface area contributed by atoms with Gasteiger partial charge in [0.25, 0.3) is 0 Å². The van der Waals surface area contributed by atoms with E-state index in [1.165, 1.54) is 0 Å². The molecule has 0 amide bonds. The normalized spacial score (nSPS) is 19.8. The lowest BCUT2D eigenvalue weighted by Crippen LogP contribution is -2.47. The van der Waals surface area contributed by atoms with E-state index >= 15 is 0 Å². The number of esters is 3. The Morgan fingerprint density at radius 2 is 1.03 bits per heavy atom. The van der Waals surface area contributed by atoms with E-state index in [4.69, 9.17) is 18.9 Å². The molecule has 1 saturated heterocycles. The summed E-state index contributed by atoms with van der Waals surface area (Å²) in [6, 6.07) is 25.4. The molecule has 1 aliphatic heterocycles. The molecule has 0 saturated carbocycles. The summed E-state index contributed by atoms with van der Waals surface area (Å²) in [4.78, 5) is 37.6. The molecule has 0 aromatic heterocycles. The van der Waals surface area contributed by atoms with Crippen molar-refractivity contribution < 1.29 is 33.3 Å². The molecule has 3 aromatic carbocycles. The van der Waals surface area contributed by atoms with Crippen molar-refractivity contribution in [2.75, 3.05) is 6.61 Å². The third-order valence-corrected chi connectivity index (χ3v) is 5.03. The Kier molecular flexibility index (Phi) is 7.12. The van der Waals surface area contributed by atoms with Gasteiger partial charge in [0.05, 0.1) is 23.3 Å². The fraction of sp³-hybridized carbons (Fsp3) is 0.192. The zero-order valence-corrected chi connectivity index (χ0v) is 17.7. The molecule has 3 aromatic rings. The zero-order valence-electron chi connectivity index (χ0n) is 17.7. The molecule has 1 fully saturated rings. The maximum atomic E-state index is 12.6. The van der Waals surface area contributed by atoms with Crippen molar-refractivity contribution in [2.24, 2.45) is 0 Å². The average Bonchev–Trinajstić information content (AvgIpc) is 2.87. The molecule has 3 atom stereocenters. The number of rotatable bonds is 6.